The van der Waals surface area contributed by atoms with Crippen molar-refractivity contribution in [2.24, 2.45) is 5.92 Å². The number of fused-ring (bicyclic) bond motifs is 1. The van der Waals surface area contributed by atoms with Crippen molar-refractivity contribution < 1.29 is 19.0 Å². The molecule has 144 valence electrons. The normalized spacial score (nSPS) is 18.9. The van der Waals surface area contributed by atoms with E-state index in [1.54, 1.807) is 18.2 Å². The number of aliphatic carboxylic acids is 1. The number of likely N-dealkylation sites (tertiary alicyclic amines) is 1. The SMILES string of the molecule is CC.O=C(O)C1CN(C2CCc3cc(OCc4ccccc4F)ccc32)C1. The summed E-state index contributed by atoms with van der Waals surface area (Å²) in [6.07, 6.45) is 1.98. The summed E-state index contributed by atoms with van der Waals surface area (Å²) in [6, 6.07) is 13.0. The quantitative estimate of drug-likeness (QED) is 0.844. The summed E-state index contributed by atoms with van der Waals surface area (Å²) in [5, 5.41) is 9.03. The van der Waals surface area contributed by atoms with Gasteiger partial charge in [-0.3, -0.25) is 9.69 Å². The molecule has 0 amide bonds. The minimum atomic E-state index is -0.702. The van der Waals surface area contributed by atoms with Crippen molar-refractivity contribution in [2.45, 2.75) is 39.3 Å². The van der Waals surface area contributed by atoms with Crippen LogP contribution in [0.25, 0.3) is 0 Å². The van der Waals surface area contributed by atoms with Gasteiger partial charge < -0.3 is 9.84 Å². The highest BCUT2D eigenvalue weighted by Gasteiger charge is 2.39. The van der Waals surface area contributed by atoms with E-state index in [2.05, 4.69) is 11.0 Å². The Morgan fingerprint density at radius 1 is 1.22 bits per heavy atom. The molecule has 0 bridgehead atoms. The number of halogens is 1. The predicted octanol–water partition coefficient (Wildman–Crippen LogP) is 4.43. The molecule has 1 N–H and O–H groups in total. The van der Waals surface area contributed by atoms with E-state index < -0.39 is 5.97 Å². The lowest BCUT2D eigenvalue weighted by Crippen LogP contribution is -2.51. The molecule has 1 unspecified atom stereocenters. The van der Waals surface area contributed by atoms with E-state index in [9.17, 15) is 9.18 Å². The van der Waals surface area contributed by atoms with E-state index >= 15 is 0 Å². The summed E-state index contributed by atoms with van der Waals surface area (Å²) >= 11 is 0. The van der Waals surface area contributed by atoms with Gasteiger partial charge in [0.1, 0.15) is 18.2 Å². The second kappa shape index (κ2) is 8.53. The average Bonchev–Trinajstić information content (AvgIpc) is 3.04. The Morgan fingerprint density at radius 2 is 1.96 bits per heavy atom. The lowest BCUT2D eigenvalue weighted by Gasteiger charge is -2.41. The van der Waals surface area contributed by atoms with Crippen LogP contribution < -0.4 is 4.74 Å². The molecule has 0 aromatic heterocycles. The van der Waals surface area contributed by atoms with Crippen molar-refractivity contribution in [3.63, 3.8) is 0 Å². The predicted molar refractivity (Wildman–Crippen MR) is 102 cm³/mol. The first-order chi connectivity index (χ1) is 13.1. The van der Waals surface area contributed by atoms with Crippen LogP contribution in [0.4, 0.5) is 4.39 Å². The third-order valence-corrected chi connectivity index (χ3v) is 5.21. The van der Waals surface area contributed by atoms with Gasteiger partial charge in [-0.1, -0.05) is 38.1 Å². The van der Waals surface area contributed by atoms with Crippen LogP contribution in [0, 0.1) is 11.7 Å². The van der Waals surface area contributed by atoms with Crippen molar-refractivity contribution in [1.82, 2.24) is 4.90 Å². The maximum Gasteiger partial charge on any atom is 0.309 e. The van der Waals surface area contributed by atoms with E-state index in [4.69, 9.17) is 9.84 Å². The molecule has 0 saturated carbocycles. The Bertz CT molecular complexity index is 802. The van der Waals surface area contributed by atoms with Gasteiger partial charge in [-0.2, -0.15) is 0 Å². The first kappa shape index (κ1) is 19.4. The molecule has 1 fully saturated rings. The zero-order valence-corrected chi connectivity index (χ0v) is 15.8. The number of carbonyl (C=O) groups is 1. The Kier molecular flexibility index (Phi) is 6.11. The molecular weight excluding hydrogens is 345 g/mol. The zero-order valence-electron chi connectivity index (χ0n) is 15.8. The van der Waals surface area contributed by atoms with Crippen LogP contribution in [0.15, 0.2) is 42.5 Å². The van der Waals surface area contributed by atoms with Crippen molar-refractivity contribution in [3.05, 3.63) is 65.0 Å². The van der Waals surface area contributed by atoms with Gasteiger partial charge in [0.2, 0.25) is 0 Å². The van der Waals surface area contributed by atoms with Gasteiger partial charge in [-0.15, -0.1) is 0 Å². The molecule has 5 heteroatoms. The molecule has 4 nitrogen and oxygen atoms in total. The van der Waals surface area contributed by atoms with Gasteiger partial charge in [0.25, 0.3) is 0 Å². The minimum absolute atomic E-state index is 0.210. The molecule has 1 aliphatic carbocycles. The number of aryl methyl sites for hydroxylation is 1. The average molecular weight is 371 g/mol. The third kappa shape index (κ3) is 4.14. The molecule has 4 rings (SSSR count). The molecule has 0 radical (unpaired) electrons. The number of ether oxygens (including phenoxy) is 1. The fraction of sp³-hybridized carbons (Fsp3) is 0.409. The van der Waals surface area contributed by atoms with Gasteiger partial charge in [-0.05, 0) is 42.2 Å². The Balaban J connectivity index is 0.00000102. The number of hydrogen-bond acceptors (Lipinski definition) is 3. The summed E-state index contributed by atoms with van der Waals surface area (Å²) in [5.74, 6) is -0.442. The molecule has 1 aliphatic heterocycles. The summed E-state index contributed by atoms with van der Waals surface area (Å²) in [7, 11) is 0. The number of rotatable bonds is 5. The summed E-state index contributed by atoms with van der Waals surface area (Å²) in [6.45, 7) is 5.47. The summed E-state index contributed by atoms with van der Waals surface area (Å²) in [4.78, 5) is 13.2. The molecule has 2 aromatic carbocycles. The molecule has 1 heterocycles. The van der Waals surface area contributed by atoms with E-state index in [-0.39, 0.29) is 18.3 Å². The molecule has 2 aromatic rings. The van der Waals surface area contributed by atoms with E-state index in [1.165, 1.54) is 17.2 Å². The molecule has 1 saturated heterocycles. The van der Waals surface area contributed by atoms with Gasteiger partial charge in [0.05, 0.1) is 5.92 Å². The van der Waals surface area contributed by atoms with Crippen LogP contribution in [-0.2, 0) is 17.8 Å². The molecule has 27 heavy (non-hydrogen) atoms. The lowest BCUT2D eigenvalue weighted by molar-refractivity contribution is -0.148. The Morgan fingerprint density at radius 3 is 2.67 bits per heavy atom. The standard InChI is InChI=1S/C20H20FNO3.C2H6/c21-18-4-2-1-3-14(18)12-25-16-6-7-17-13(9-16)5-8-19(17)22-10-15(11-22)20(23)24;1-2/h1-4,6-7,9,15,19H,5,8,10-12H2,(H,23,24);1-2H3. The van der Waals surface area contributed by atoms with Crippen molar-refractivity contribution in [3.8, 4) is 5.75 Å². The third-order valence-electron chi connectivity index (χ3n) is 5.21. The van der Waals surface area contributed by atoms with Crippen molar-refractivity contribution in [2.75, 3.05) is 13.1 Å². The second-order valence-electron chi connectivity index (χ2n) is 6.78. The smallest absolute Gasteiger partial charge is 0.309 e. The fourth-order valence-corrected chi connectivity index (χ4v) is 3.74. The maximum atomic E-state index is 13.7. The van der Waals surface area contributed by atoms with Gasteiger partial charge in [0.15, 0.2) is 0 Å². The van der Waals surface area contributed by atoms with Crippen LogP contribution in [0.3, 0.4) is 0 Å². The van der Waals surface area contributed by atoms with Gasteiger partial charge in [-0.25, -0.2) is 4.39 Å². The number of benzene rings is 2. The number of carboxylic acids is 1. The highest BCUT2D eigenvalue weighted by Crippen LogP contribution is 2.40. The van der Waals surface area contributed by atoms with E-state index in [0.717, 1.165) is 18.6 Å². The van der Waals surface area contributed by atoms with E-state index in [1.807, 2.05) is 26.0 Å². The first-order valence-electron chi connectivity index (χ1n) is 9.57. The van der Waals surface area contributed by atoms with Crippen LogP contribution in [0.5, 0.6) is 5.75 Å². The number of carboxylic acid groups (broad SMARTS) is 1. The summed E-state index contributed by atoms with van der Waals surface area (Å²) < 4.78 is 19.4. The van der Waals surface area contributed by atoms with Crippen LogP contribution >= 0.6 is 0 Å². The lowest BCUT2D eigenvalue weighted by atomic mass is 9.95. The Labute approximate surface area is 159 Å². The first-order valence-corrected chi connectivity index (χ1v) is 9.57. The molecule has 2 aliphatic rings. The number of hydrogen-bond donors (Lipinski definition) is 1. The molecule has 0 spiro atoms. The largest absolute Gasteiger partial charge is 0.489 e. The van der Waals surface area contributed by atoms with Gasteiger partial charge in [0, 0.05) is 24.7 Å². The van der Waals surface area contributed by atoms with E-state index in [0.29, 0.717) is 24.7 Å². The fourth-order valence-electron chi connectivity index (χ4n) is 3.74. The van der Waals surface area contributed by atoms with Crippen LogP contribution in [0.1, 0.15) is 43.0 Å². The topological polar surface area (TPSA) is 49.8 Å². The number of nitrogens with zero attached hydrogens (tertiary/aromatic N) is 1. The highest BCUT2D eigenvalue weighted by atomic mass is 19.1. The zero-order chi connectivity index (χ0) is 19.4. The van der Waals surface area contributed by atoms with Crippen LogP contribution in [-0.4, -0.2) is 29.1 Å². The van der Waals surface area contributed by atoms with Crippen molar-refractivity contribution >= 4 is 5.97 Å². The summed E-state index contributed by atoms with van der Waals surface area (Å²) in [5.41, 5.74) is 3.05. The Hall–Kier alpha value is -2.40. The maximum absolute atomic E-state index is 13.7. The molecular formula is C22H26FNO3. The molecule has 1 atom stereocenters. The monoisotopic (exact) mass is 371 g/mol. The van der Waals surface area contributed by atoms with Crippen LogP contribution in [0.2, 0.25) is 0 Å². The minimum Gasteiger partial charge on any atom is -0.489 e. The van der Waals surface area contributed by atoms with Crippen molar-refractivity contribution in [1.29, 1.82) is 0 Å². The second-order valence-corrected chi connectivity index (χ2v) is 6.78. The highest BCUT2D eigenvalue weighted by molar-refractivity contribution is 5.71. The van der Waals surface area contributed by atoms with Gasteiger partial charge >= 0.3 is 5.97 Å².